The Morgan fingerprint density at radius 3 is 2.96 bits per heavy atom. The number of hydrogen-bond acceptors (Lipinski definition) is 5. The number of aromatic nitrogens is 3. The highest BCUT2D eigenvalue weighted by Gasteiger charge is 2.53. The molecule has 1 aliphatic carbocycles. The van der Waals surface area contributed by atoms with Gasteiger partial charge in [-0.15, -0.1) is 0 Å². The van der Waals surface area contributed by atoms with Crippen LogP contribution in [-0.2, 0) is 9.47 Å². The highest BCUT2D eigenvalue weighted by Crippen LogP contribution is 2.43. The molecule has 0 aromatic carbocycles. The number of methoxy groups -OCH3 is 2. The van der Waals surface area contributed by atoms with Gasteiger partial charge in [0.1, 0.15) is 5.69 Å². The van der Waals surface area contributed by atoms with Crippen LogP contribution in [0.15, 0.2) is 18.5 Å². The number of nitrogens with zero attached hydrogens (tertiary/aromatic N) is 4. The van der Waals surface area contributed by atoms with Gasteiger partial charge in [0.15, 0.2) is 0 Å². The van der Waals surface area contributed by atoms with Gasteiger partial charge in [0.25, 0.3) is 5.91 Å². The van der Waals surface area contributed by atoms with Crippen LogP contribution in [0.3, 0.4) is 0 Å². The molecular formula is C18H24N4O3. The van der Waals surface area contributed by atoms with Gasteiger partial charge in [0.05, 0.1) is 23.4 Å². The van der Waals surface area contributed by atoms with Gasteiger partial charge in [-0.3, -0.25) is 9.20 Å². The minimum absolute atomic E-state index is 0.00122. The predicted molar refractivity (Wildman–Crippen MR) is 91.6 cm³/mol. The van der Waals surface area contributed by atoms with Crippen LogP contribution in [0, 0.1) is 6.92 Å². The van der Waals surface area contributed by atoms with Crippen LogP contribution < -0.4 is 0 Å². The van der Waals surface area contributed by atoms with Crippen molar-refractivity contribution in [3.8, 4) is 0 Å². The molecule has 1 saturated heterocycles. The smallest absolute Gasteiger partial charge is 0.273 e. The third-order valence-corrected chi connectivity index (χ3v) is 5.92. The number of likely N-dealkylation sites (tertiary alicyclic amines) is 1. The second-order valence-corrected chi connectivity index (χ2v) is 7.00. The van der Waals surface area contributed by atoms with Crippen molar-refractivity contribution in [3.63, 3.8) is 0 Å². The van der Waals surface area contributed by atoms with Gasteiger partial charge in [-0.1, -0.05) is 0 Å². The molecule has 3 atom stereocenters. The Balaban J connectivity index is 1.71. The van der Waals surface area contributed by atoms with Gasteiger partial charge in [-0.25, -0.2) is 9.97 Å². The number of imidazole rings is 1. The van der Waals surface area contributed by atoms with E-state index in [1.807, 2.05) is 24.1 Å². The Morgan fingerprint density at radius 2 is 2.20 bits per heavy atom. The number of fused-ring (bicyclic) bond motifs is 2. The molecule has 2 aromatic rings. The maximum atomic E-state index is 13.4. The lowest BCUT2D eigenvalue weighted by Crippen LogP contribution is -2.53. The van der Waals surface area contributed by atoms with Gasteiger partial charge in [0.2, 0.25) is 5.78 Å². The van der Waals surface area contributed by atoms with E-state index in [0.717, 1.165) is 25.7 Å². The van der Waals surface area contributed by atoms with Crippen LogP contribution in [0.5, 0.6) is 0 Å². The number of amides is 1. The maximum absolute atomic E-state index is 13.4. The summed E-state index contributed by atoms with van der Waals surface area (Å²) in [6.45, 7) is 2.56. The number of rotatable bonds is 3. The largest absolute Gasteiger partial charge is 0.381 e. The molecule has 0 radical (unpaired) electrons. The lowest BCUT2D eigenvalue weighted by molar-refractivity contribution is -0.0894. The summed E-state index contributed by atoms with van der Waals surface area (Å²) in [4.78, 5) is 24.0. The van der Waals surface area contributed by atoms with E-state index in [4.69, 9.17) is 9.47 Å². The second kappa shape index (κ2) is 6.07. The number of ether oxygens (including phenoxy) is 2. The van der Waals surface area contributed by atoms with Crippen LogP contribution in [0.1, 0.15) is 41.9 Å². The number of hydrogen-bond donors (Lipinski definition) is 0. The van der Waals surface area contributed by atoms with Crippen molar-refractivity contribution in [2.75, 3.05) is 20.8 Å². The van der Waals surface area contributed by atoms with Crippen molar-refractivity contribution in [3.05, 3.63) is 29.8 Å². The van der Waals surface area contributed by atoms with Crippen molar-refractivity contribution in [1.29, 1.82) is 0 Å². The molecule has 1 amide bonds. The Bertz CT molecular complexity index is 805. The quantitative estimate of drug-likeness (QED) is 0.850. The fourth-order valence-electron chi connectivity index (χ4n) is 4.51. The molecule has 3 heterocycles. The fraction of sp³-hybridized carbons (Fsp3) is 0.611. The van der Waals surface area contributed by atoms with E-state index in [2.05, 4.69) is 9.97 Å². The van der Waals surface area contributed by atoms with E-state index in [1.54, 1.807) is 24.8 Å². The zero-order valence-corrected chi connectivity index (χ0v) is 14.9. The van der Waals surface area contributed by atoms with Gasteiger partial charge in [-0.05, 0) is 38.7 Å². The first-order valence-corrected chi connectivity index (χ1v) is 8.78. The first-order valence-electron chi connectivity index (χ1n) is 8.78. The number of aryl methyl sites for hydroxylation is 1. The number of carbonyl (C=O) groups excluding carboxylic acids is 1. The molecule has 134 valence electrons. The van der Waals surface area contributed by atoms with Crippen molar-refractivity contribution < 1.29 is 14.3 Å². The van der Waals surface area contributed by atoms with E-state index < -0.39 is 0 Å². The average molecular weight is 344 g/mol. The second-order valence-electron chi connectivity index (χ2n) is 7.00. The van der Waals surface area contributed by atoms with E-state index in [1.165, 1.54) is 0 Å². The van der Waals surface area contributed by atoms with E-state index in [9.17, 15) is 4.79 Å². The summed E-state index contributed by atoms with van der Waals surface area (Å²) in [6, 6.07) is 1.85. The normalized spacial score (nSPS) is 29.2. The summed E-state index contributed by atoms with van der Waals surface area (Å²) in [7, 11) is 3.50. The van der Waals surface area contributed by atoms with Crippen molar-refractivity contribution >= 4 is 11.7 Å². The molecule has 1 aliphatic heterocycles. The summed E-state index contributed by atoms with van der Waals surface area (Å²) < 4.78 is 13.3. The molecule has 0 bridgehead atoms. The third kappa shape index (κ3) is 2.45. The summed E-state index contributed by atoms with van der Waals surface area (Å²) in [5.74, 6) is 0.553. The van der Waals surface area contributed by atoms with E-state index in [-0.39, 0.29) is 23.7 Å². The molecule has 7 heteroatoms. The van der Waals surface area contributed by atoms with Crippen molar-refractivity contribution in [2.45, 2.75) is 50.4 Å². The predicted octanol–water partition coefficient (Wildman–Crippen LogP) is 1.84. The number of carbonyl (C=O) groups is 1. The van der Waals surface area contributed by atoms with Gasteiger partial charge >= 0.3 is 0 Å². The molecule has 0 unspecified atom stereocenters. The summed E-state index contributed by atoms with van der Waals surface area (Å²) in [5.41, 5.74) is 1.05. The minimum Gasteiger partial charge on any atom is -0.381 e. The molecule has 2 aliphatic rings. The van der Waals surface area contributed by atoms with Crippen molar-refractivity contribution in [2.24, 2.45) is 0 Å². The van der Waals surface area contributed by atoms with Crippen LogP contribution >= 0.6 is 0 Å². The van der Waals surface area contributed by atoms with Gasteiger partial charge in [0, 0.05) is 33.2 Å². The molecule has 0 N–H and O–H groups in total. The Labute approximate surface area is 147 Å². The molecule has 0 spiro atoms. The molecule has 1 saturated carbocycles. The molecule has 2 fully saturated rings. The maximum Gasteiger partial charge on any atom is 0.273 e. The van der Waals surface area contributed by atoms with E-state index >= 15 is 0 Å². The summed E-state index contributed by atoms with van der Waals surface area (Å²) in [6.07, 6.45) is 7.27. The Kier molecular flexibility index (Phi) is 4.00. The molecule has 25 heavy (non-hydrogen) atoms. The lowest BCUT2D eigenvalue weighted by Gasteiger charge is -2.43. The first-order chi connectivity index (χ1) is 12.1. The molecule has 2 aromatic heterocycles. The average Bonchev–Trinajstić information content (AvgIpc) is 3.18. The lowest BCUT2D eigenvalue weighted by atomic mass is 9.79. The van der Waals surface area contributed by atoms with Crippen LogP contribution in [0.2, 0.25) is 0 Å². The van der Waals surface area contributed by atoms with Gasteiger partial charge < -0.3 is 14.4 Å². The monoisotopic (exact) mass is 344 g/mol. The van der Waals surface area contributed by atoms with Gasteiger partial charge in [-0.2, -0.15) is 0 Å². The zero-order valence-electron chi connectivity index (χ0n) is 14.9. The molecular weight excluding hydrogens is 320 g/mol. The van der Waals surface area contributed by atoms with Crippen LogP contribution in [-0.4, -0.2) is 63.7 Å². The van der Waals surface area contributed by atoms with Crippen molar-refractivity contribution in [1.82, 2.24) is 19.3 Å². The molecule has 4 rings (SSSR count). The highest BCUT2D eigenvalue weighted by atomic mass is 16.5. The standard InChI is InChI=1S/C18H24N4O3/c1-12-15(22-9-4-8-19-17(22)20-12)16(23)21-10-7-18(25-3)6-5-13(24-2)11-14(18)21/h4,8-9,13-14H,5-7,10-11H2,1-3H3/t13-,14+,18-/m1/s1. The summed E-state index contributed by atoms with van der Waals surface area (Å²) >= 11 is 0. The summed E-state index contributed by atoms with van der Waals surface area (Å²) in [5, 5.41) is 0. The molecule has 7 nitrogen and oxygen atoms in total. The van der Waals surface area contributed by atoms with Crippen LogP contribution in [0.25, 0.3) is 5.78 Å². The highest BCUT2D eigenvalue weighted by molar-refractivity contribution is 5.95. The fourth-order valence-corrected chi connectivity index (χ4v) is 4.51. The Hall–Kier alpha value is -1.99. The first kappa shape index (κ1) is 16.5. The zero-order chi connectivity index (χ0) is 17.6. The SMILES string of the molecule is CO[C@@H]1CC[C@@]2(OC)CCN(C(=O)c3c(C)nc4ncccn34)[C@H]2C1. The topological polar surface area (TPSA) is 69.0 Å². The van der Waals surface area contributed by atoms with E-state index in [0.29, 0.717) is 23.7 Å². The third-order valence-electron chi connectivity index (χ3n) is 5.92. The minimum atomic E-state index is -0.253. The van der Waals surface area contributed by atoms with Crippen LogP contribution in [0.4, 0.5) is 0 Å². The Morgan fingerprint density at radius 1 is 1.36 bits per heavy atom.